The predicted octanol–water partition coefficient (Wildman–Crippen LogP) is 7.68. The van der Waals surface area contributed by atoms with E-state index in [0.717, 1.165) is 33.3 Å². The monoisotopic (exact) mass is 475 g/mol. The molecular weight excluding hydrogens is 448 g/mol. The van der Waals surface area contributed by atoms with Gasteiger partial charge in [0.05, 0.1) is 5.56 Å². The van der Waals surface area contributed by atoms with Gasteiger partial charge in [0.25, 0.3) is 5.92 Å². The molecule has 6 heteroatoms. The summed E-state index contributed by atoms with van der Waals surface area (Å²) in [6.45, 7) is 4.49. The van der Waals surface area contributed by atoms with Crippen molar-refractivity contribution in [2.45, 2.75) is 51.2 Å². The van der Waals surface area contributed by atoms with E-state index in [1.54, 1.807) is 18.2 Å². The van der Waals surface area contributed by atoms with Gasteiger partial charge in [-0.2, -0.15) is 0 Å². The number of fused-ring (bicyclic) bond motifs is 1. The summed E-state index contributed by atoms with van der Waals surface area (Å²) in [5.74, 6) is -2.96. The average molecular weight is 476 g/mol. The Morgan fingerprint density at radius 3 is 2.46 bits per heavy atom. The normalized spacial score (nSPS) is 15.3. The molecule has 1 aliphatic rings. The number of rotatable bonds is 7. The lowest BCUT2D eigenvalue weighted by Gasteiger charge is -2.38. The molecule has 0 atom stereocenters. The van der Waals surface area contributed by atoms with Crippen molar-refractivity contribution in [2.24, 2.45) is 0 Å². The molecule has 1 fully saturated rings. The van der Waals surface area contributed by atoms with Crippen molar-refractivity contribution in [3.05, 3.63) is 89.6 Å². The number of hydrogen-bond acceptors (Lipinski definition) is 2. The van der Waals surface area contributed by atoms with Crippen molar-refractivity contribution in [1.29, 1.82) is 0 Å². The largest absolute Gasteiger partial charge is 0.489 e. The Labute approximate surface area is 202 Å². The van der Waals surface area contributed by atoms with Crippen molar-refractivity contribution < 1.29 is 23.4 Å². The van der Waals surface area contributed by atoms with Crippen LogP contribution in [-0.4, -0.2) is 21.6 Å². The highest BCUT2D eigenvalue weighted by Gasteiger charge is 2.47. The van der Waals surface area contributed by atoms with Crippen molar-refractivity contribution in [2.75, 3.05) is 0 Å². The van der Waals surface area contributed by atoms with Gasteiger partial charge in [-0.15, -0.1) is 0 Å². The van der Waals surface area contributed by atoms with E-state index in [9.17, 15) is 18.7 Å². The zero-order chi connectivity index (χ0) is 24.7. The number of aromatic nitrogens is 1. The minimum absolute atomic E-state index is 0.0359. The second kappa shape index (κ2) is 8.84. The van der Waals surface area contributed by atoms with Crippen LogP contribution in [0.1, 0.15) is 60.3 Å². The maximum absolute atomic E-state index is 13.9. The van der Waals surface area contributed by atoms with Crippen molar-refractivity contribution in [3.8, 4) is 16.9 Å². The van der Waals surface area contributed by atoms with Gasteiger partial charge in [0.15, 0.2) is 0 Å². The Morgan fingerprint density at radius 1 is 1.06 bits per heavy atom. The van der Waals surface area contributed by atoms with Gasteiger partial charge in [0.2, 0.25) is 0 Å². The number of nitrogens with zero attached hydrogens (tertiary/aromatic N) is 1. The predicted molar refractivity (Wildman–Crippen MR) is 132 cm³/mol. The summed E-state index contributed by atoms with van der Waals surface area (Å²) in [7, 11) is 0. The molecule has 1 aliphatic carbocycles. The van der Waals surface area contributed by atoms with Crippen LogP contribution in [0.5, 0.6) is 5.75 Å². The number of carboxylic acid groups (broad SMARTS) is 1. The summed E-state index contributed by atoms with van der Waals surface area (Å²) in [4.78, 5) is 11.7. The van der Waals surface area contributed by atoms with Crippen LogP contribution >= 0.6 is 0 Å². The van der Waals surface area contributed by atoms with E-state index < -0.39 is 11.9 Å². The molecule has 0 amide bonds. The zero-order valence-corrected chi connectivity index (χ0v) is 19.7. The molecule has 0 radical (unpaired) electrons. The van der Waals surface area contributed by atoms with E-state index in [-0.39, 0.29) is 30.4 Å². The van der Waals surface area contributed by atoms with E-state index in [1.165, 1.54) is 0 Å². The van der Waals surface area contributed by atoms with E-state index in [1.807, 2.05) is 73.0 Å². The fourth-order valence-electron chi connectivity index (χ4n) is 5.03. The van der Waals surface area contributed by atoms with E-state index in [4.69, 9.17) is 4.74 Å². The van der Waals surface area contributed by atoms with Crippen LogP contribution in [-0.2, 0) is 6.61 Å². The number of alkyl halides is 2. The van der Waals surface area contributed by atoms with Gasteiger partial charge < -0.3 is 14.4 Å². The average Bonchev–Trinajstić information content (AvgIpc) is 3.16. The quantitative estimate of drug-likeness (QED) is 0.298. The summed E-state index contributed by atoms with van der Waals surface area (Å²) in [6.07, 6.45) is -0.394. The molecule has 35 heavy (non-hydrogen) atoms. The van der Waals surface area contributed by atoms with Crippen LogP contribution in [0, 0.1) is 0 Å². The summed E-state index contributed by atoms with van der Waals surface area (Å²) in [6, 6.07) is 22.1. The van der Waals surface area contributed by atoms with Crippen LogP contribution in [0.15, 0.2) is 72.8 Å². The zero-order valence-electron chi connectivity index (χ0n) is 19.7. The number of carbonyl (C=O) groups is 1. The van der Waals surface area contributed by atoms with Gasteiger partial charge in [-0.3, -0.25) is 0 Å². The number of carboxylic acids is 1. The first-order chi connectivity index (χ1) is 16.7. The van der Waals surface area contributed by atoms with Crippen LogP contribution in [0.2, 0.25) is 0 Å². The molecule has 1 heterocycles. The molecule has 0 spiro atoms. The lowest BCUT2D eigenvalue weighted by atomic mass is 9.87. The Morgan fingerprint density at radius 2 is 1.80 bits per heavy atom. The Hall–Kier alpha value is -3.67. The number of ether oxygens (including phenoxy) is 1. The molecule has 4 nitrogen and oxygen atoms in total. The van der Waals surface area contributed by atoms with Crippen LogP contribution in [0.3, 0.4) is 0 Å². The third-order valence-corrected chi connectivity index (χ3v) is 6.64. The summed E-state index contributed by atoms with van der Waals surface area (Å²) in [5.41, 5.74) is 4.64. The molecule has 4 aromatic rings. The third-order valence-electron chi connectivity index (χ3n) is 6.64. The smallest absolute Gasteiger partial charge is 0.335 e. The molecule has 5 rings (SSSR count). The molecule has 0 unspecified atom stereocenters. The van der Waals surface area contributed by atoms with E-state index in [2.05, 4.69) is 0 Å². The number of benzene rings is 3. The number of aromatic carboxylic acids is 1. The van der Waals surface area contributed by atoms with Gasteiger partial charge in [-0.1, -0.05) is 56.3 Å². The maximum Gasteiger partial charge on any atom is 0.335 e. The first-order valence-corrected chi connectivity index (χ1v) is 11.8. The number of halogens is 2. The highest BCUT2D eigenvalue weighted by molar-refractivity contribution is 6.00. The SMILES string of the molecule is CC(C)c1c(-c2cccc(C(=O)O)c2)c2cc(OCc3ccccc3)ccc2n1C1CC(F)(F)C1. The van der Waals surface area contributed by atoms with Crippen molar-refractivity contribution in [3.63, 3.8) is 0 Å². The lowest BCUT2D eigenvalue weighted by molar-refractivity contribution is -0.103. The Kier molecular flexibility index (Phi) is 5.83. The molecule has 3 aromatic carbocycles. The molecule has 0 bridgehead atoms. The minimum atomic E-state index is -2.66. The first-order valence-electron chi connectivity index (χ1n) is 11.8. The lowest BCUT2D eigenvalue weighted by Crippen LogP contribution is -2.37. The van der Waals surface area contributed by atoms with Crippen LogP contribution < -0.4 is 4.74 Å². The molecule has 0 saturated heterocycles. The Balaban J connectivity index is 1.67. The highest BCUT2D eigenvalue weighted by Crippen LogP contribution is 2.51. The highest BCUT2D eigenvalue weighted by atomic mass is 19.3. The molecule has 1 aromatic heterocycles. The fourth-order valence-corrected chi connectivity index (χ4v) is 5.03. The van der Waals surface area contributed by atoms with E-state index in [0.29, 0.717) is 12.4 Å². The third kappa shape index (κ3) is 4.41. The molecule has 0 aliphatic heterocycles. The second-order valence-electron chi connectivity index (χ2n) is 9.54. The summed E-state index contributed by atoms with van der Waals surface area (Å²) in [5, 5.41) is 10.4. The molecule has 180 valence electrons. The van der Waals surface area contributed by atoms with Crippen LogP contribution in [0.4, 0.5) is 8.78 Å². The van der Waals surface area contributed by atoms with E-state index >= 15 is 0 Å². The van der Waals surface area contributed by atoms with Gasteiger partial charge in [-0.05, 0) is 47.4 Å². The second-order valence-corrected chi connectivity index (χ2v) is 9.54. The standard InChI is InChI=1S/C29H27F2NO3/c1-18(2)27-26(20-9-6-10-21(13-20)28(33)34)24-14-23(35-17-19-7-4-3-5-8-19)11-12-25(24)32(27)22-15-29(30,31)16-22/h3-14,18,22H,15-17H2,1-2H3,(H,33,34). The van der Waals surface area contributed by atoms with Gasteiger partial charge >= 0.3 is 5.97 Å². The van der Waals surface area contributed by atoms with Crippen LogP contribution in [0.25, 0.3) is 22.0 Å². The van der Waals surface area contributed by atoms with Gasteiger partial charge in [-0.25, -0.2) is 13.6 Å². The molecular formula is C29H27F2NO3. The maximum atomic E-state index is 13.9. The number of hydrogen-bond donors (Lipinski definition) is 1. The molecule has 1 N–H and O–H groups in total. The Bertz CT molecular complexity index is 1380. The van der Waals surface area contributed by atoms with Crippen molar-refractivity contribution in [1.82, 2.24) is 4.57 Å². The minimum Gasteiger partial charge on any atom is -0.489 e. The van der Waals surface area contributed by atoms with Gasteiger partial charge in [0.1, 0.15) is 12.4 Å². The first kappa shape index (κ1) is 23.1. The summed E-state index contributed by atoms with van der Waals surface area (Å²) >= 11 is 0. The topological polar surface area (TPSA) is 51.5 Å². The van der Waals surface area contributed by atoms with Crippen molar-refractivity contribution >= 4 is 16.9 Å². The summed E-state index contributed by atoms with van der Waals surface area (Å²) < 4.78 is 35.9. The fraction of sp³-hybridized carbons (Fsp3) is 0.276. The van der Waals surface area contributed by atoms with Gasteiger partial charge in [0, 0.05) is 41.0 Å². The molecule has 1 saturated carbocycles.